The van der Waals surface area contributed by atoms with Gasteiger partial charge in [-0.1, -0.05) is 18.2 Å². The summed E-state index contributed by atoms with van der Waals surface area (Å²) in [6.07, 6.45) is 2.91. The fourth-order valence-electron chi connectivity index (χ4n) is 2.46. The molecule has 108 valence electrons. The summed E-state index contributed by atoms with van der Waals surface area (Å²) >= 11 is 0. The number of sulfonamides is 1. The molecule has 1 unspecified atom stereocenters. The van der Waals surface area contributed by atoms with Crippen molar-refractivity contribution in [1.29, 1.82) is 0 Å². The van der Waals surface area contributed by atoms with Crippen molar-refractivity contribution in [2.24, 2.45) is 11.7 Å². The van der Waals surface area contributed by atoms with E-state index in [0.29, 0.717) is 30.4 Å². The highest BCUT2D eigenvalue weighted by molar-refractivity contribution is 7.89. The van der Waals surface area contributed by atoms with Gasteiger partial charge in [0.15, 0.2) is 0 Å². The number of rotatable bonds is 4. The van der Waals surface area contributed by atoms with Crippen LogP contribution in [0.25, 0.3) is 0 Å². The maximum absolute atomic E-state index is 12.4. The Kier molecular flexibility index (Phi) is 6.26. The van der Waals surface area contributed by atoms with Crippen LogP contribution in [0.4, 0.5) is 0 Å². The summed E-state index contributed by atoms with van der Waals surface area (Å²) in [5.74, 6) is 0.405. The Hall–Kier alpha value is -0.620. The molecule has 2 N–H and O–H groups in total. The SMILES string of the molecule is Cl.NCCC1CCCN(S(=O)(=O)c2ccccc2)C1. The third kappa shape index (κ3) is 3.92. The predicted molar refractivity (Wildman–Crippen MR) is 78.8 cm³/mol. The van der Waals surface area contributed by atoms with E-state index in [1.165, 1.54) is 0 Å². The summed E-state index contributed by atoms with van der Waals surface area (Å²) < 4.78 is 26.5. The van der Waals surface area contributed by atoms with E-state index in [9.17, 15) is 8.42 Å². The van der Waals surface area contributed by atoms with Crippen molar-refractivity contribution in [2.75, 3.05) is 19.6 Å². The number of piperidine rings is 1. The molecule has 0 aromatic heterocycles. The first-order valence-electron chi connectivity index (χ1n) is 6.40. The summed E-state index contributed by atoms with van der Waals surface area (Å²) in [7, 11) is -3.32. The fourth-order valence-corrected chi connectivity index (χ4v) is 4.03. The topological polar surface area (TPSA) is 63.4 Å². The van der Waals surface area contributed by atoms with E-state index in [-0.39, 0.29) is 12.4 Å². The van der Waals surface area contributed by atoms with Crippen LogP contribution in [0.15, 0.2) is 35.2 Å². The van der Waals surface area contributed by atoms with E-state index in [1.54, 1.807) is 28.6 Å². The molecule has 1 aliphatic rings. The molecule has 6 heteroatoms. The second-order valence-corrected chi connectivity index (χ2v) is 6.70. The molecule has 1 atom stereocenters. The molecule has 0 spiro atoms. The van der Waals surface area contributed by atoms with Crippen LogP contribution in [-0.4, -0.2) is 32.4 Å². The summed E-state index contributed by atoms with van der Waals surface area (Å²) in [5.41, 5.74) is 5.56. The van der Waals surface area contributed by atoms with Gasteiger partial charge in [-0.05, 0) is 43.9 Å². The van der Waals surface area contributed by atoms with Crippen molar-refractivity contribution < 1.29 is 8.42 Å². The molecule has 1 aromatic carbocycles. The van der Waals surface area contributed by atoms with Crippen LogP contribution in [0.2, 0.25) is 0 Å². The molecule has 0 aliphatic carbocycles. The van der Waals surface area contributed by atoms with Gasteiger partial charge in [0.2, 0.25) is 10.0 Å². The number of nitrogens with zero attached hydrogens (tertiary/aromatic N) is 1. The summed E-state index contributed by atoms with van der Waals surface area (Å²) in [4.78, 5) is 0.387. The van der Waals surface area contributed by atoms with Crippen LogP contribution in [0.1, 0.15) is 19.3 Å². The average Bonchev–Trinajstić information content (AvgIpc) is 2.40. The molecule has 2 rings (SSSR count). The lowest BCUT2D eigenvalue weighted by atomic mass is 9.96. The second kappa shape index (κ2) is 7.24. The maximum atomic E-state index is 12.4. The second-order valence-electron chi connectivity index (χ2n) is 4.76. The van der Waals surface area contributed by atoms with Gasteiger partial charge in [-0.15, -0.1) is 12.4 Å². The minimum absolute atomic E-state index is 0. The van der Waals surface area contributed by atoms with Crippen molar-refractivity contribution in [3.8, 4) is 0 Å². The normalized spacial score (nSPS) is 20.8. The number of hydrogen-bond acceptors (Lipinski definition) is 3. The molecule has 1 aromatic rings. The third-order valence-corrected chi connectivity index (χ3v) is 5.32. The Morgan fingerprint density at radius 2 is 1.95 bits per heavy atom. The zero-order valence-corrected chi connectivity index (χ0v) is 12.5. The quantitative estimate of drug-likeness (QED) is 0.923. The van der Waals surface area contributed by atoms with E-state index < -0.39 is 10.0 Å². The standard InChI is InChI=1S/C13H20N2O2S.ClH/c14-9-8-12-5-4-10-15(11-12)18(16,17)13-6-2-1-3-7-13;/h1-3,6-7,12H,4-5,8-11,14H2;1H. The molecule has 19 heavy (non-hydrogen) atoms. The van der Waals surface area contributed by atoms with Crippen molar-refractivity contribution in [1.82, 2.24) is 4.31 Å². The van der Waals surface area contributed by atoms with Crippen molar-refractivity contribution in [3.05, 3.63) is 30.3 Å². The van der Waals surface area contributed by atoms with E-state index in [4.69, 9.17) is 5.73 Å². The van der Waals surface area contributed by atoms with Gasteiger partial charge in [0.05, 0.1) is 4.90 Å². The molecular weight excluding hydrogens is 284 g/mol. The first kappa shape index (κ1) is 16.4. The monoisotopic (exact) mass is 304 g/mol. The lowest BCUT2D eigenvalue weighted by Crippen LogP contribution is -2.40. The zero-order valence-electron chi connectivity index (χ0n) is 10.9. The molecule has 0 saturated carbocycles. The van der Waals surface area contributed by atoms with E-state index in [1.807, 2.05) is 6.07 Å². The number of halogens is 1. The molecule has 1 saturated heterocycles. The van der Waals surface area contributed by atoms with Crippen LogP contribution in [0, 0.1) is 5.92 Å². The zero-order chi connectivity index (χ0) is 13.0. The largest absolute Gasteiger partial charge is 0.330 e. The van der Waals surface area contributed by atoms with Crippen LogP contribution < -0.4 is 5.73 Å². The van der Waals surface area contributed by atoms with Crippen molar-refractivity contribution >= 4 is 22.4 Å². The molecule has 0 bridgehead atoms. The summed E-state index contributed by atoms with van der Waals surface area (Å²) in [6, 6.07) is 8.65. The van der Waals surface area contributed by atoms with Crippen molar-refractivity contribution in [2.45, 2.75) is 24.2 Å². The molecule has 0 amide bonds. The van der Waals surface area contributed by atoms with E-state index >= 15 is 0 Å². The lowest BCUT2D eigenvalue weighted by Gasteiger charge is -2.31. The Bertz CT molecular complexity index is 477. The minimum Gasteiger partial charge on any atom is -0.330 e. The van der Waals surface area contributed by atoms with Gasteiger partial charge in [-0.25, -0.2) is 8.42 Å². The van der Waals surface area contributed by atoms with Crippen LogP contribution in [-0.2, 0) is 10.0 Å². The highest BCUT2D eigenvalue weighted by Gasteiger charge is 2.29. The number of benzene rings is 1. The van der Waals surface area contributed by atoms with E-state index in [0.717, 1.165) is 19.3 Å². The lowest BCUT2D eigenvalue weighted by molar-refractivity contribution is 0.258. The number of nitrogens with two attached hydrogens (primary N) is 1. The highest BCUT2D eigenvalue weighted by Crippen LogP contribution is 2.24. The van der Waals surface area contributed by atoms with Crippen LogP contribution in [0.3, 0.4) is 0 Å². The molecule has 0 radical (unpaired) electrons. The molecule has 1 heterocycles. The van der Waals surface area contributed by atoms with E-state index in [2.05, 4.69) is 0 Å². The first-order chi connectivity index (χ1) is 8.64. The Balaban J connectivity index is 0.00000180. The average molecular weight is 305 g/mol. The van der Waals surface area contributed by atoms with Crippen LogP contribution >= 0.6 is 12.4 Å². The van der Waals surface area contributed by atoms with Gasteiger partial charge in [0.25, 0.3) is 0 Å². The smallest absolute Gasteiger partial charge is 0.243 e. The number of hydrogen-bond donors (Lipinski definition) is 1. The fraction of sp³-hybridized carbons (Fsp3) is 0.538. The molecular formula is C13H21ClN2O2S. The van der Waals surface area contributed by atoms with Gasteiger partial charge in [-0.3, -0.25) is 0 Å². The van der Waals surface area contributed by atoms with Gasteiger partial charge in [-0.2, -0.15) is 4.31 Å². The minimum atomic E-state index is -3.32. The van der Waals surface area contributed by atoms with Gasteiger partial charge < -0.3 is 5.73 Å². The summed E-state index contributed by atoms with van der Waals surface area (Å²) in [6.45, 7) is 1.86. The predicted octanol–water partition coefficient (Wildman–Crippen LogP) is 1.86. The Morgan fingerprint density at radius 3 is 2.58 bits per heavy atom. The maximum Gasteiger partial charge on any atom is 0.243 e. The molecule has 1 fully saturated rings. The van der Waals surface area contributed by atoms with Gasteiger partial charge in [0.1, 0.15) is 0 Å². The highest BCUT2D eigenvalue weighted by atomic mass is 35.5. The Morgan fingerprint density at radius 1 is 1.26 bits per heavy atom. The molecule has 4 nitrogen and oxygen atoms in total. The van der Waals surface area contributed by atoms with Gasteiger partial charge in [0, 0.05) is 13.1 Å². The molecule has 1 aliphatic heterocycles. The third-order valence-electron chi connectivity index (χ3n) is 3.44. The first-order valence-corrected chi connectivity index (χ1v) is 7.84. The van der Waals surface area contributed by atoms with Crippen LogP contribution in [0.5, 0.6) is 0 Å². The van der Waals surface area contributed by atoms with Crippen molar-refractivity contribution in [3.63, 3.8) is 0 Å². The van der Waals surface area contributed by atoms with Gasteiger partial charge >= 0.3 is 0 Å². The summed E-state index contributed by atoms with van der Waals surface area (Å²) in [5, 5.41) is 0. The Labute approximate surface area is 121 Å².